The van der Waals surface area contributed by atoms with Crippen LogP contribution in [0, 0.1) is 0 Å². The number of anilines is 1. The van der Waals surface area contributed by atoms with Crippen molar-refractivity contribution in [1.82, 2.24) is 14.8 Å². The number of Topliss-reactive ketones (excluding diaryl/α,β-unsaturated/α-hetero) is 1. The number of hydrogen-bond acceptors (Lipinski definition) is 6. The van der Waals surface area contributed by atoms with Crippen molar-refractivity contribution in [2.45, 2.75) is 44.9 Å². The lowest BCUT2D eigenvalue weighted by atomic mass is 9.87. The minimum atomic E-state index is -0.162. The second-order valence-electron chi connectivity index (χ2n) is 8.49. The van der Waals surface area contributed by atoms with Crippen LogP contribution in [0.25, 0.3) is 0 Å². The van der Waals surface area contributed by atoms with E-state index in [0.29, 0.717) is 22.2 Å². The van der Waals surface area contributed by atoms with E-state index in [2.05, 4.69) is 48.4 Å². The van der Waals surface area contributed by atoms with Gasteiger partial charge in [-0.1, -0.05) is 44.7 Å². The van der Waals surface area contributed by atoms with Gasteiger partial charge in [0.2, 0.25) is 5.91 Å². The lowest BCUT2D eigenvalue weighted by Gasteiger charge is -2.19. The number of aromatic nitrogens is 3. The minimum absolute atomic E-state index is 0.0116. The monoisotopic (exact) mass is 452 g/mol. The summed E-state index contributed by atoms with van der Waals surface area (Å²) in [6, 6.07) is 14.9. The lowest BCUT2D eigenvalue weighted by Crippen LogP contribution is -2.14. The summed E-state index contributed by atoms with van der Waals surface area (Å²) in [5.74, 6) is 1.46. The zero-order chi connectivity index (χ0) is 23.3. The van der Waals surface area contributed by atoms with Gasteiger partial charge in [0, 0.05) is 18.3 Å². The first-order chi connectivity index (χ1) is 15.1. The molecule has 7 nitrogen and oxygen atoms in total. The third-order valence-corrected chi connectivity index (χ3v) is 5.94. The van der Waals surface area contributed by atoms with Gasteiger partial charge in [0.1, 0.15) is 12.4 Å². The molecule has 0 aliphatic rings. The van der Waals surface area contributed by atoms with E-state index in [0.717, 1.165) is 5.75 Å². The highest BCUT2D eigenvalue weighted by Crippen LogP contribution is 2.25. The van der Waals surface area contributed by atoms with Crippen LogP contribution in [0.2, 0.25) is 0 Å². The van der Waals surface area contributed by atoms with Crippen LogP contribution in [-0.2, 0) is 23.9 Å². The Hall–Kier alpha value is -3.13. The van der Waals surface area contributed by atoms with Crippen LogP contribution in [0.1, 0.15) is 49.4 Å². The largest absolute Gasteiger partial charge is 0.486 e. The fraction of sp³-hybridized carbons (Fsp3) is 0.333. The minimum Gasteiger partial charge on any atom is -0.486 e. The van der Waals surface area contributed by atoms with Gasteiger partial charge in [-0.25, -0.2) is 0 Å². The molecular formula is C24H28N4O3S. The highest BCUT2D eigenvalue weighted by molar-refractivity contribution is 7.99. The van der Waals surface area contributed by atoms with E-state index in [4.69, 9.17) is 4.74 Å². The second-order valence-corrected chi connectivity index (χ2v) is 9.43. The van der Waals surface area contributed by atoms with Gasteiger partial charge in [-0.3, -0.25) is 9.59 Å². The summed E-state index contributed by atoms with van der Waals surface area (Å²) in [7, 11) is 1.85. The van der Waals surface area contributed by atoms with Gasteiger partial charge in [-0.05, 0) is 54.3 Å². The number of carbonyl (C=O) groups excluding carboxylic acids is 2. The number of hydrogen-bond donors (Lipinski definition) is 1. The van der Waals surface area contributed by atoms with Gasteiger partial charge in [0.25, 0.3) is 0 Å². The Bertz CT molecular complexity index is 1080. The van der Waals surface area contributed by atoms with Gasteiger partial charge in [-0.2, -0.15) is 0 Å². The van der Waals surface area contributed by atoms with Gasteiger partial charge in [-0.15, -0.1) is 10.2 Å². The van der Waals surface area contributed by atoms with Crippen LogP contribution in [0.4, 0.5) is 5.69 Å². The van der Waals surface area contributed by atoms with E-state index < -0.39 is 0 Å². The highest BCUT2D eigenvalue weighted by Gasteiger charge is 2.14. The third kappa shape index (κ3) is 6.20. The van der Waals surface area contributed by atoms with Crippen molar-refractivity contribution in [3.8, 4) is 5.75 Å². The Kier molecular flexibility index (Phi) is 7.35. The summed E-state index contributed by atoms with van der Waals surface area (Å²) >= 11 is 1.30. The maximum absolute atomic E-state index is 12.3. The number of benzene rings is 2. The molecule has 0 aliphatic carbocycles. The summed E-state index contributed by atoms with van der Waals surface area (Å²) in [5.41, 5.74) is 2.59. The summed E-state index contributed by atoms with van der Waals surface area (Å²) in [6.07, 6.45) is 0. The first-order valence-electron chi connectivity index (χ1n) is 10.3. The lowest BCUT2D eigenvalue weighted by molar-refractivity contribution is -0.113. The molecule has 0 aliphatic heterocycles. The first kappa shape index (κ1) is 23.5. The number of thioether (sulfide) groups is 1. The van der Waals surface area contributed by atoms with Crippen molar-refractivity contribution in [3.63, 3.8) is 0 Å². The fourth-order valence-electron chi connectivity index (χ4n) is 2.91. The van der Waals surface area contributed by atoms with Crippen LogP contribution in [-0.4, -0.2) is 32.2 Å². The highest BCUT2D eigenvalue weighted by atomic mass is 32.2. The number of amides is 1. The van der Waals surface area contributed by atoms with Crippen molar-refractivity contribution in [2.75, 3.05) is 11.1 Å². The average Bonchev–Trinajstić information content (AvgIpc) is 3.10. The van der Waals surface area contributed by atoms with E-state index in [1.165, 1.54) is 24.2 Å². The molecule has 0 spiro atoms. The van der Waals surface area contributed by atoms with Crippen molar-refractivity contribution in [1.29, 1.82) is 0 Å². The first-order valence-corrected chi connectivity index (χ1v) is 11.3. The summed E-state index contributed by atoms with van der Waals surface area (Å²) in [4.78, 5) is 23.6. The summed E-state index contributed by atoms with van der Waals surface area (Å²) in [5, 5.41) is 11.8. The van der Waals surface area contributed by atoms with Crippen molar-refractivity contribution in [2.24, 2.45) is 7.05 Å². The molecule has 0 atom stereocenters. The topological polar surface area (TPSA) is 86.1 Å². The molecule has 3 aromatic rings. The molecule has 0 radical (unpaired) electrons. The van der Waals surface area contributed by atoms with Gasteiger partial charge in [0.05, 0.1) is 5.75 Å². The van der Waals surface area contributed by atoms with E-state index in [9.17, 15) is 9.59 Å². The van der Waals surface area contributed by atoms with Crippen LogP contribution >= 0.6 is 11.8 Å². The predicted octanol–water partition coefficient (Wildman–Crippen LogP) is 4.63. The predicted molar refractivity (Wildman–Crippen MR) is 126 cm³/mol. The Morgan fingerprint density at radius 3 is 2.28 bits per heavy atom. The maximum atomic E-state index is 12.3. The van der Waals surface area contributed by atoms with Crippen LogP contribution < -0.4 is 10.1 Å². The third-order valence-electron chi connectivity index (χ3n) is 4.92. The molecule has 32 heavy (non-hydrogen) atoms. The number of ether oxygens (including phenoxy) is 1. The summed E-state index contributed by atoms with van der Waals surface area (Å²) < 4.78 is 7.67. The molecule has 1 amide bonds. The Morgan fingerprint density at radius 1 is 1.03 bits per heavy atom. The molecule has 0 unspecified atom stereocenters. The Labute approximate surface area is 192 Å². The zero-order valence-corrected chi connectivity index (χ0v) is 19.8. The number of nitrogens with zero attached hydrogens (tertiary/aromatic N) is 3. The number of ketones is 1. The van der Waals surface area contributed by atoms with Crippen molar-refractivity contribution < 1.29 is 14.3 Å². The standard InChI is InChI=1S/C24H28N4O3S/c1-16(29)17-6-10-19(11-7-17)25-22(30)15-32-23-27-26-21(28(23)5)14-31-20-12-8-18(9-13-20)24(2,3)4/h6-13H,14-15H2,1-5H3,(H,25,30). The molecule has 0 fully saturated rings. The van der Waals surface area contributed by atoms with Gasteiger partial charge < -0.3 is 14.6 Å². The van der Waals surface area contributed by atoms with Crippen molar-refractivity contribution in [3.05, 3.63) is 65.5 Å². The van der Waals surface area contributed by atoms with Crippen LogP contribution in [0.5, 0.6) is 5.75 Å². The maximum Gasteiger partial charge on any atom is 0.234 e. The molecule has 2 aromatic carbocycles. The van der Waals surface area contributed by atoms with E-state index in [-0.39, 0.29) is 29.5 Å². The van der Waals surface area contributed by atoms with Gasteiger partial charge in [0.15, 0.2) is 16.8 Å². The number of nitrogens with one attached hydrogen (secondary N) is 1. The molecule has 3 rings (SSSR count). The molecule has 1 heterocycles. The molecule has 1 N–H and O–H groups in total. The quantitative estimate of drug-likeness (QED) is 0.396. The fourth-order valence-corrected chi connectivity index (χ4v) is 3.64. The molecule has 0 bridgehead atoms. The molecule has 1 aromatic heterocycles. The van der Waals surface area contributed by atoms with Gasteiger partial charge >= 0.3 is 0 Å². The van der Waals surface area contributed by atoms with E-state index in [1.54, 1.807) is 24.3 Å². The van der Waals surface area contributed by atoms with Crippen molar-refractivity contribution >= 4 is 29.1 Å². The van der Waals surface area contributed by atoms with Crippen LogP contribution in [0.15, 0.2) is 53.7 Å². The average molecular weight is 453 g/mol. The Morgan fingerprint density at radius 2 is 1.69 bits per heavy atom. The Balaban J connectivity index is 1.51. The van der Waals surface area contributed by atoms with E-state index >= 15 is 0 Å². The molecule has 168 valence electrons. The summed E-state index contributed by atoms with van der Waals surface area (Å²) in [6.45, 7) is 8.31. The van der Waals surface area contributed by atoms with E-state index in [1.807, 2.05) is 23.7 Å². The van der Waals surface area contributed by atoms with Crippen LogP contribution in [0.3, 0.4) is 0 Å². The molecule has 0 saturated heterocycles. The smallest absolute Gasteiger partial charge is 0.234 e. The molecule has 8 heteroatoms. The number of rotatable bonds is 8. The zero-order valence-electron chi connectivity index (χ0n) is 19.0. The SMILES string of the molecule is CC(=O)c1ccc(NC(=O)CSc2nnc(COc3ccc(C(C)(C)C)cc3)n2C)cc1. The second kappa shape index (κ2) is 9.99. The number of carbonyl (C=O) groups is 2. The molecule has 0 saturated carbocycles. The normalized spacial score (nSPS) is 11.3. The molecular weight excluding hydrogens is 424 g/mol.